The summed E-state index contributed by atoms with van der Waals surface area (Å²) in [6.45, 7) is 0.225. The molecule has 0 spiro atoms. The maximum atomic E-state index is 12.5. The second-order valence-electron chi connectivity index (χ2n) is 5.06. The highest BCUT2D eigenvalue weighted by molar-refractivity contribution is 6.21. The summed E-state index contributed by atoms with van der Waals surface area (Å²) in [5, 5.41) is 8.56. The van der Waals surface area contributed by atoms with Crippen molar-refractivity contribution in [3.8, 4) is 11.8 Å². The molecule has 0 aliphatic heterocycles. The quantitative estimate of drug-likeness (QED) is 0.334. The number of hydrogen-bond donors (Lipinski definition) is 0. The number of ether oxygens (including phenoxy) is 2. The zero-order valence-corrected chi connectivity index (χ0v) is 13.6. The van der Waals surface area contributed by atoms with E-state index in [1.54, 1.807) is 13.2 Å². The average molecular weight is 321 g/mol. The van der Waals surface area contributed by atoms with E-state index in [9.17, 15) is 4.79 Å². The Balaban J connectivity index is 2.31. The van der Waals surface area contributed by atoms with E-state index >= 15 is 0 Å². The van der Waals surface area contributed by atoms with Crippen LogP contribution in [0.15, 0.2) is 54.6 Å². The van der Waals surface area contributed by atoms with Gasteiger partial charge in [-0.2, -0.15) is 5.26 Å². The SMILES string of the molecule is COc1ccccc1/C=C(/C(=O)OCCCC#N)c1ccccc1. The summed E-state index contributed by atoms with van der Waals surface area (Å²) in [4.78, 5) is 12.5. The van der Waals surface area contributed by atoms with Gasteiger partial charge < -0.3 is 9.47 Å². The second-order valence-corrected chi connectivity index (χ2v) is 5.06. The molecule has 0 aliphatic carbocycles. The van der Waals surface area contributed by atoms with Crippen molar-refractivity contribution in [2.75, 3.05) is 13.7 Å². The minimum absolute atomic E-state index is 0.225. The molecule has 122 valence electrons. The van der Waals surface area contributed by atoms with Crippen molar-refractivity contribution in [1.29, 1.82) is 5.26 Å². The molecule has 0 amide bonds. The molecule has 0 saturated heterocycles. The number of nitriles is 1. The van der Waals surface area contributed by atoms with Crippen LogP contribution in [0.5, 0.6) is 5.75 Å². The van der Waals surface area contributed by atoms with Gasteiger partial charge in [0.05, 0.1) is 25.4 Å². The topological polar surface area (TPSA) is 59.3 Å². The molecule has 0 aliphatic rings. The lowest BCUT2D eigenvalue weighted by Gasteiger charge is -2.10. The largest absolute Gasteiger partial charge is 0.496 e. The molecule has 0 fully saturated rings. The average Bonchev–Trinajstić information content (AvgIpc) is 2.64. The first kappa shape index (κ1) is 17.3. The molecule has 24 heavy (non-hydrogen) atoms. The van der Waals surface area contributed by atoms with Gasteiger partial charge in [-0.25, -0.2) is 4.79 Å². The van der Waals surface area contributed by atoms with Gasteiger partial charge in [0.15, 0.2) is 0 Å². The highest BCUT2D eigenvalue weighted by Crippen LogP contribution is 2.25. The van der Waals surface area contributed by atoms with Crippen LogP contribution in [-0.4, -0.2) is 19.7 Å². The Bertz CT molecular complexity index is 745. The van der Waals surface area contributed by atoms with Gasteiger partial charge in [-0.05, 0) is 24.1 Å². The van der Waals surface area contributed by atoms with Gasteiger partial charge in [0, 0.05) is 12.0 Å². The maximum Gasteiger partial charge on any atom is 0.338 e. The molecule has 0 unspecified atom stereocenters. The molecule has 2 rings (SSSR count). The number of benzene rings is 2. The lowest BCUT2D eigenvalue weighted by molar-refractivity contribution is -0.136. The Morgan fingerprint density at radius 3 is 2.54 bits per heavy atom. The summed E-state index contributed by atoms with van der Waals surface area (Å²) in [6.07, 6.45) is 2.66. The van der Waals surface area contributed by atoms with Crippen molar-refractivity contribution in [3.63, 3.8) is 0 Å². The lowest BCUT2D eigenvalue weighted by Crippen LogP contribution is -2.08. The first-order chi connectivity index (χ1) is 11.8. The highest BCUT2D eigenvalue weighted by atomic mass is 16.5. The number of carbonyl (C=O) groups is 1. The standard InChI is InChI=1S/C20H19NO3/c1-23-19-12-6-5-11-17(19)15-18(16-9-3-2-4-10-16)20(22)24-14-8-7-13-21/h2-6,9-12,15H,7-8,14H2,1H3/b18-15+. The van der Waals surface area contributed by atoms with E-state index < -0.39 is 5.97 Å². The highest BCUT2D eigenvalue weighted by Gasteiger charge is 2.14. The van der Waals surface area contributed by atoms with E-state index in [1.807, 2.05) is 60.7 Å². The summed E-state index contributed by atoms with van der Waals surface area (Å²) in [6, 6.07) is 18.9. The molecule has 0 radical (unpaired) electrons. The summed E-state index contributed by atoms with van der Waals surface area (Å²) in [5.41, 5.74) is 2.03. The molecule has 2 aromatic carbocycles. The first-order valence-corrected chi connectivity index (χ1v) is 7.70. The van der Waals surface area contributed by atoms with Gasteiger partial charge in [-0.15, -0.1) is 0 Å². The van der Waals surface area contributed by atoms with Crippen molar-refractivity contribution in [2.45, 2.75) is 12.8 Å². The van der Waals surface area contributed by atoms with Gasteiger partial charge in [-0.1, -0.05) is 48.5 Å². The smallest absolute Gasteiger partial charge is 0.338 e. The van der Waals surface area contributed by atoms with Crippen LogP contribution in [0, 0.1) is 11.3 Å². The van der Waals surface area contributed by atoms with Gasteiger partial charge in [0.2, 0.25) is 0 Å². The fourth-order valence-electron chi connectivity index (χ4n) is 2.21. The minimum Gasteiger partial charge on any atom is -0.496 e. The van der Waals surface area contributed by atoms with Crippen LogP contribution in [0.4, 0.5) is 0 Å². The van der Waals surface area contributed by atoms with Gasteiger partial charge >= 0.3 is 5.97 Å². The fourth-order valence-corrected chi connectivity index (χ4v) is 2.21. The number of carbonyl (C=O) groups excluding carboxylic acids is 1. The second kappa shape index (κ2) is 9.16. The van der Waals surface area contributed by atoms with Crippen molar-refractivity contribution >= 4 is 17.6 Å². The van der Waals surface area contributed by atoms with E-state index in [0.717, 1.165) is 11.1 Å². The van der Waals surface area contributed by atoms with Crippen LogP contribution in [-0.2, 0) is 9.53 Å². The fraction of sp³-hybridized carbons (Fsp3) is 0.200. The summed E-state index contributed by atoms with van der Waals surface area (Å²) < 4.78 is 10.6. The van der Waals surface area contributed by atoms with E-state index in [1.165, 1.54) is 0 Å². The Kier molecular flexibility index (Phi) is 6.60. The predicted octanol–water partition coefficient (Wildman–Crippen LogP) is 4.08. The maximum absolute atomic E-state index is 12.5. The normalized spacial score (nSPS) is 10.8. The number of hydrogen-bond acceptors (Lipinski definition) is 4. The molecule has 0 heterocycles. The van der Waals surface area contributed by atoms with Gasteiger partial charge in [-0.3, -0.25) is 0 Å². The summed E-state index contributed by atoms with van der Waals surface area (Å²) in [7, 11) is 1.59. The predicted molar refractivity (Wildman–Crippen MR) is 93.1 cm³/mol. The van der Waals surface area contributed by atoms with E-state index in [0.29, 0.717) is 24.2 Å². The van der Waals surface area contributed by atoms with Crippen LogP contribution in [0.3, 0.4) is 0 Å². The first-order valence-electron chi connectivity index (χ1n) is 7.70. The van der Waals surface area contributed by atoms with Crippen LogP contribution in [0.2, 0.25) is 0 Å². The van der Waals surface area contributed by atoms with E-state index in [4.69, 9.17) is 14.7 Å². The Hall–Kier alpha value is -3.06. The molecule has 4 nitrogen and oxygen atoms in total. The van der Waals surface area contributed by atoms with Crippen molar-refractivity contribution in [3.05, 3.63) is 65.7 Å². The number of para-hydroxylation sites is 1. The van der Waals surface area contributed by atoms with Crippen molar-refractivity contribution < 1.29 is 14.3 Å². The summed E-state index contributed by atoms with van der Waals surface area (Å²) in [5.74, 6) is 0.272. The lowest BCUT2D eigenvalue weighted by atomic mass is 10.0. The Morgan fingerprint density at radius 2 is 1.83 bits per heavy atom. The molecule has 4 heteroatoms. The third-order valence-electron chi connectivity index (χ3n) is 3.41. The van der Waals surface area contributed by atoms with Crippen LogP contribution < -0.4 is 4.74 Å². The monoisotopic (exact) mass is 321 g/mol. The van der Waals surface area contributed by atoms with Gasteiger partial charge in [0.1, 0.15) is 5.75 Å². The minimum atomic E-state index is -0.412. The van der Waals surface area contributed by atoms with Crippen molar-refractivity contribution in [2.24, 2.45) is 0 Å². The van der Waals surface area contributed by atoms with Gasteiger partial charge in [0.25, 0.3) is 0 Å². The van der Waals surface area contributed by atoms with Crippen LogP contribution in [0.1, 0.15) is 24.0 Å². The molecule has 0 bridgehead atoms. The third-order valence-corrected chi connectivity index (χ3v) is 3.41. The Morgan fingerprint density at radius 1 is 1.12 bits per heavy atom. The van der Waals surface area contributed by atoms with E-state index in [2.05, 4.69) is 0 Å². The van der Waals surface area contributed by atoms with Crippen LogP contribution >= 0.6 is 0 Å². The Labute approximate surface area is 141 Å². The molecule has 0 saturated carbocycles. The number of unbranched alkanes of at least 4 members (excludes halogenated alkanes) is 1. The summed E-state index contributed by atoms with van der Waals surface area (Å²) >= 11 is 0. The van der Waals surface area contributed by atoms with Crippen LogP contribution in [0.25, 0.3) is 11.6 Å². The zero-order valence-electron chi connectivity index (χ0n) is 13.6. The molecule has 0 N–H and O–H groups in total. The molecule has 0 aromatic heterocycles. The van der Waals surface area contributed by atoms with E-state index in [-0.39, 0.29) is 6.61 Å². The number of esters is 1. The zero-order chi connectivity index (χ0) is 17.2. The number of rotatable bonds is 7. The molecular formula is C20H19NO3. The number of methoxy groups -OCH3 is 1. The molecular weight excluding hydrogens is 302 g/mol. The van der Waals surface area contributed by atoms with Crippen molar-refractivity contribution in [1.82, 2.24) is 0 Å². The molecule has 0 atom stereocenters. The third kappa shape index (κ3) is 4.72. The molecule has 2 aromatic rings. The number of nitrogens with zero attached hydrogens (tertiary/aromatic N) is 1.